The molecule has 1 fully saturated rings. The summed E-state index contributed by atoms with van der Waals surface area (Å²) in [5.74, 6) is -0.176. The van der Waals surface area contributed by atoms with Gasteiger partial charge >= 0.3 is 0 Å². The molecule has 0 aliphatic carbocycles. The zero-order valence-electron chi connectivity index (χ0n) is 13.2. The zero-order chi connectivity index (χ0) is 17.0. The summed E-state index contributed by atoms with van der Waals surface area (Å²) in [6.45, 7) is 1.16. The number of aromatic nitrogens is 1. The number of anilines is 1. The van der Waals surface area contributed by atoms with Crippen molar-refractivity contribution in [1.29, 1.82) is 0 Å². The van der Waals surface area contributed by atoms with Crippen LogP contribution in [0.15, 0.2) is 46.8 Å². The van der Waals surface area contributed by atoms with E-state index in [1.807, 2.05) is 0 Å². The lowest BCUT2D eigenvalue weighted by Gasteiger charge is -2.29. The summed E-state index contributed by atoms with van der Waals surface area (Å²) in [6, 6.07) is 8.15. The standard InChI is InChI=1S/C16H19N3O3S2/c20-15(18-10-5-2-6-11-18)13-19(16-17-9-12-23-16)24(21,22)14-7-3-1-4-8-14/h1,3-4,7-9,12H,2,5-6,10-11,13H2. The lowest BCUT2D eigenvalue weighted by Crippen LogP contribution is -2.44. The van der Waals surface area contributed by atoms with Crippen LogP contribution in [-0.4, -0.2) is 43.8 Å². The summed E-state index contributed by atoms with van der Waals surface area (Å²) in [7, 11) is -3.82. The first kappa shape index (κ1) is 16.9. The van der Waals surface area contributed by atoms with Crippen LogP contribution in [0.4, 0.5) is 5.13 Å². The maximum atomic E-state index is 13.0. The molecule has 0 bridgehead atoms. The smallest absolute Gasteiger partial charge is 0.266 e. The van der Waals surface area contributed by atoms with Gasteiger partial charge in [-0.2, -0.15) is 0 Å². The summed E-state index contributed by atoms with van der Waals surface area (Å²) < 4.78 is 27.1. The molecule has 0 spiro atoms. The second kappa shape index (κ2) is 7.31. The van der Waals surface area contributed by atoms with E-state index in [4.69, 9.17) is 0 Å². The van der Waals surface area contributed by atoms with Gasteiger partial charge in [-0.3, -0.25) is 4.79 Å². The van der Waals surface area contributed by atoms with Crippen molar-refractivity contribution in [2.75, 3.05) is 23.9 Å². The Hall–Kier alpha value is -1.93. The average molecular weight is 365 g/mol. The molecule has 8 heteroatoms. The zero-order valence-corrected chi connectivity index (χ0v) is 14.8. The minimum Gasteiger partial charge on any atom is -0.341 e. The molecule has 0 atom stereocenters. The number of rotatable bonds is 5. The number of carbonyl (C=O) groups excluding carboxylic acids is 1. The van der Waals surface area contributed by atoms with Gasteiger partial charge in [-0.1, -0.05) is 18.2 Å². The molecular weight excluding hydrogens is 346 g/mol. The third-order valence-corrected chi connectivity index (χ3v) is 6.61. The van der Waals surface area contributed by atoms with Crippen LogP contribution in [-0.2, 0) is 14.8 Å². The predicted molar refractivity (Wildman–Crippen MR) is 93.5 cm³/mol. The predicted octanol–water partition coefficient (Wildman–Crippen LogP) is 2.35. The van der Waals surface area contributed by atoms with Crippen molar-refractivity contribution in [2.45, 2.75) is 24.2 Å². The van der Waals surface area contributed by atoms with Crippen molar-refractivity contribution in [3.8, 4) is 0 Å². The fourth-order valence-corrected chi connectivity index (χ4v) is 4.94. The lowest BCUT2D eigenvalue weighted by molar-refractivity contribution is -0.130. The van der Waals surface area contributed by atoms with E-state index in [1.165, 1.54) is 23.5 Å². The van der Waals surface area contributed by atoms with Crippen molar-refractivity contribution in [3.05, 3.63) is 41.9 Å². The van der Waals surface area contributed by atoms with Crippen molar-refractivity contribution in [3.63, 3.8) is 0 Å². The summed E-state index contributed by atoms with van der Waals surface area (Å²) >= 11 is 1.21. The number of sulfonamides is 1. The summed E-state index contributed by atoms with van der Waals surface area (Å²) in [5.41, 5.74) is 0. The van der Waals surface area contributed by atoms with Gasteiger partial charge in [-0.15, -0.1) is 11.3 Å². The van der Waals surface area contributed by atoms with E-state index in [0.29, 0.717) is 18.2 Å². The molecule has 1 aliphatic heterocycles. The topological polar surface area (TPSA) is 70.6 Å². The van der Waals surface area contributed by atoms with Gasteiger partial charge < -0.3 is 4.90 Å². The van der Waals surface area contributed by atoms with Crippen LogP contribution in [0.25, 0.3) is 0 Å². The Labute approximate surface area is 145 Å². The largest absolute Gasteiger partial charge is 0.341 e. The number of benzene rings is 1. The van der Waals surface area contributed by atoms with Crippen LogP contribution >= 0.6 is 11.3 Å². The maximum absolute atomic E-state index is 13.0. The summed E-state index contributed by atoms with van der Waals surface area (Å²) in [4.78, 5) is 18.6. The molecule has 0 N–H and O–H groups in total. The van der Waals surface area contributed by atoms with Crippen LogP contribution in [0.2, 0.25) is 0 Å². The first-order valence-corrected chi connectivity index (χ1v) is 10.2. The van der Waals surface area contributed by atoms with E-state index in [0.717, 1.165) is 23.6 Å². The first-order valence-electron chi connectivity index (χ1n) is 7.84. The molecule has 1 amide bonds. The number of hydrogen-bond acceptors (Lipinski definition) is 5. The minimum atomic E-state index is -3.82. The van der Waals surface area contributed by atoms with Crippen molar-refractivity contribution >= 4 is 32.4 Å². The molecule has 1 aliphatic rings. The van der Waals surface area contributed by atoms with E-state index in [9.17, 15) is 13.2 Å². The Morgan fingerprint density at radius 3 is 2.50 bits per heavy atom. The average Bonchev–Trinajstić information content (AvgIpc) is 3.15. The van der Waals surface area contributed by atoms with Gasteiger partial charge in [0.1, 0.15) is 6.54 Å². The minimum absolute atomic E-state index is 0.159. The number of likely N-dealkylation sites (tertiary alicyclic amines) is 1. The first-order chi connectivity index (χ1) is 11.6. The van der Waals surface area contributed by atoms with E-state index >= 15 is 0 Å². The third kappa shape index (κ3) is 3.59. The monoisotopic (exact) mass is 365 g/mol. The quantitative estimate of drug-likeness (QED) is 0.815. The van der Waals surface area contributed by atoms with E-state index in [1.54, 1.807) is 34.7 Å². The molecule has 24 heavy (non-hydrogen) atoms. The van der Waals surface area contributed by atoms with E-state index in [-0.39, 0.29) is 17.3 Å². The SMILES string of the molecule is O=C(CN(c1nccs1)S(=O)(=O)c1ccccc1)N1CCCCC1. The molecule has 1 saturated heterocycles. The highest BCUT2D eigenvalue weighted by molar-refractivity contribution is 7.93. The second-order valence-electron chi connectivity index (χ2n) is 5.58. The molecule has 2 heterocycles. The van der Waals surface area contributed by atoms with Crippen molar-refractivity contribution in [1.82, 2.24) is 9.88 Å². The highest BCUT2D eigenvalue weighted by Gasteiger charge is 2.30. The van der Waals surface area contributed by atoms with Gasteiger partial charge in [0.05, 0.1) is 4.90 Å². The Bertz CT molecular complexity index is 770. The van der Waals surface area contributed by atoms with Crippen molar-refractivity contribution < 1.29 is 13.2 Å². The molecule has 0 radical (unpaired) electrons. The molecule has 1 aromatic carbocycles. The molecular formula is C16H19N3O3S2. The Morgan fingerprint density at radius 1 is 1.17 bits per heavy atom. The highest BCUT2D eigenvalue weighted by Crippen LogP contribution is 2.25. The molecule has 3 rings (SSSR count). The Balaban J connectivity index is 1.89. The van der Waals surface area contributed by atoms with Crippen LogP contribution < -0.4 is 4.31 Å². The molecule has 0 saturated carbocycles. The van der Waals surface area contributed by atoms with Gasteiger partial charge in [-0.05, 0) is 31.4 Å². The number of hydrogen-bond donors (Lipinski definition) is 0. The maximum Gasteiger partial charge on any atom is 0.266 e. The number of nitrogens with zero attached hydrogens (tertiary/aromatic N) is 3. The lowest BCUT2D eigenvalue weighted by atomic mass is 10.1. The van der Waals surface area contributed by atoms with Gasteiger partial charge in [0.2, 0.25) is 5.91 Å². The molecule has 2 aromatic rings. The number of thiazole rings is 1. The number of amides is 1. The molecule has 0 unspecified atom stereocenters. The van der Waals surface area contributed by atoms with Gasteiger partial charge in [0.15, 0.2) is 5.13 Å². The highest BCUT2D eigenvalue weighted by atomic mass is 32.2. The van der Waals surface area contributed by atoms with Gasteiger partial charge in [0.25, 0.3) is 10.0 Å². The number of piperidine rings is 1. The fraction of sp³-hybridized carbons (Fsp3) is 0.375. The van der Waals surface area contributed by atoms with Gasteiger partial charge in [-0.25, -0.2) is 17.7 Å². The van der Waals surface area contributed by atoms with Crippen LogP contribution in [0.1, 0.15) is 19.3 Å². The molecule has 6 nitrogen and oxygen atoms in total. The number of carbonyl (C=O) groups is 1. The van der Waals surface area contributed by atoms with Crippen LogP contribution in [0.5, 0.6) is 0 Å². The molecule has 128 valence electrons. The summed E-state index contributed by atoms with van der Waals surface area (Å²) in [6.07, 6.45) is 4.59. The van der Waals surface area contributed by atoms with E-state index < -0.39 is 10.0 Å². The second-order valence-corrected chi connectivity index (χ2v) is 8.32. The Morgan fingerprint density at radius 2 is 1.88 bits per heavy atom. The normalized spacial score (nSPS) is 15.2. The van der Waals surface area contributed by atoms with Crippen LogP contribution in [0, 0.1) is 0 Å². The summed E-state index contributed by atoms with van der Waals surface area (Å²) in [5, 5.41) is 2.01. The Kier molecular flexibility index (Phi) is 5.15. The molecule has 1 aromatic heterocycles. The van der Waals surface area contributed by atoms with E-state index in [2.05, 4.69) is 4.98 Å². The fourth-order valence-electron chi connectivity index (χ4n) is 2.68. The van der Waals surface area contributed by atoms with Crippen LogP contribution in [0.3, 0.4) is 0 Å². The van der Waals surface area contributed by atoms with Gasteiger partial charge in [0, 0.05) is 24.7 Å². The van der Waals surface area contributed by atoms with Crippen molar-refractivity contribution in [2.24, 2.45) is 0 Å². The third-order valence-electron chi connectivity index (χ3n) is 3.95.